The summed E-state index contributed by atoms with van der Waals surface area (Å²) in [5, 5.41) is 0. The molecule has 26 heavy (non-hydrogen) atoms. The number of anilines is 1. The number of carbonyl (C=O) groups is 2. The maximum Gasteiger partial charge on any atom is 0.257 e. The average Bonchev–Trinajstić information content (AvgIpc) is 2.67. The van der Waals surface area contributed by atoms with E-state index in [0.29, 0.717) is 5.75 Å². The van der Waals surface area contributed by atoms with Gasteiger partial charge in [0, 0.05) is 12.2 Å². The molecule has 2 N–H and O–H groups in total. The van der Waals surface area contributed by atoms with Crippen LogP contribution in [0.5, 0.6) is 5.75 Å². The van der Waals surface area contributed by atoms with E-state index in [1.165, 1.54) is 5.56 Å². The number of hydrogen-bond acceptors (Lipinski definition) is 4. The third kappa shape index (κ3) is 4.53. The molecule has 3 rings (SSSR count). The van der Waals surface area contributed by atoms with Gasteiger partial charge in [-0.15, -0.1) is 0 Å². The molecule has 0 atom stereocenters. The highest BCUT2D eigenvalue weighted by molar-refractivity contribution is 5.86. The van der Waals surface area contributed by atoms with Crippen LogP contribution < -0.4 is 20.5 Å². The van der Waals surface area contributed by atoms with Gasteiger partial charge >= 0.3 is 0 Å². The smallest absolute Gasteiger partial charge is 0.257 e. The number of amides is 2. The zero-order chi connectivity index (χ0) is 18.4. The molecule has 1 heterocycles. The lowest BCUT2D eigenvalue weighted by Crippen LogP contribution is -2.47. The molecule has 0 unspecified atom stereocenters. The molecule has 2 aromatic rings. The summed E-state index contributed by atoms with van der Waals surface area (Å²) in [5.74, 6) is 0.189. The summed E-state index contributed by atoms with van der Waals surface area (Å²) in [7, 11) is 1.58. The SMILES string of the molecule is COc1cccc(CC(=O)NNC(=O)CN2CCCc3ccccc32)c1. The molecule has 0 saturated heterocycles. The van der Waals surface area contributed by atoms with Gasteiger partial charge in [-0.2, -0.15) is 0 Å². The van der Waals surface area contributed by atoms with Crippen molar-refractivity contribution in [3.63, 3.8) is 0 Å². The van der Waals surface area contributed by atoms with Crippen LogP contribution in [0.25, 0.3) is 0 Å². The number of hydrogen-bond donors (Lipinski definition) is 2. The molecular weight excluding hydrogens is 330 g/mol. The number of ether oxygens (including phenoxy) is 1. The van der Waals surface area contributed by atoms with Crippen molar-refractivity contribution < 1.29 is 14.3 Å². The van der Waals surface area contributed by atoms with Crippen LogP contribution in [0.2, 0.25) is 0 Å². The Labute approximate surface area is 153 Å². The van der Waals surface area contributed by atoms with Crippen LogP contribution in [-0.2, 0) is 22.4 Å². The highest BCUT2D eigenvalue weighted by Crippen LogP contribution is 2.26. The zero-order valence-corrected chi connectivity index (χ0v) is 14.8. The van der Waals surface area contributed by atoms with Crippen LogP contribution in [0.1, 0.15) is 17.5 Å². The molecule has 0 bridgehead atoms. The lowest BCUT2D eigenvalue weighted by molar-refractivity contribution is -0.127. The molecule has 0 fully saturated rings. The van der Waals surface area contributed by atoms with Crippen LogP contribution in [0.15, 0.2) is 48.5 Å². The summed E-state index contributed by atoms with van der Waals surface area (Å²) in [5.41, 5.74) is 8.15. The van der Waals surface area contributed by atoms with E-state index >= 15 is 0 Å². The number of nitrogens with zero attached hydrogens (tertiary/aromatic N) is 1. The van der Waals surface area contributed by atoms with Crippen molar-refractivity contribution in [1.82, 2.24) is 10.9 Å². The van der Waals surface area contributed by atoms with Crippen LogP contribution in [-0.4, -0.2) is 32.0 Å². The van der Waals surface area contributed by atoms with E-state index in [0.717, 1.165) is 30.6 Å². The largest absolute Gasteiger partial charge is 0.497 e. The minimum Gasteiger partial charge on any atom is -0.497 e. The Bertz CT molecular complexity index is 791. The quantitative estimate of drug-likeness (QED) is 0.805. The first-order chi connectivity index (χ1) is 12.7. The molecule has 0 aliphatic carbocycles. The number of nitrogens with one attached hydrogen (secondary N) is 2. The topological polar surface area (TPSA) is 70.7 Å². The van der Waals surface area contributed by atoms with E-state index in [-0.39, 0.29) is 24.8 Å². The molecule has 0 spiro atoms. The van der Waals surface area contributed by atoms with Gasteiger partial charge in [-0.05, 0) is 42.2 Å². The van der Waals surface area contributed by atoms with Crippen LogP contribution in [0.4, 0.5) is 5.69 Å². The molecule has 0 saturated carbocycles. The Morgan fingerprint density at radius 3 is 2.73 bits per heavy atom. The fourth-order valence-corrected chi connectivity index (χ4v) is 3.14. The normalized spacial score (nSPS) is 12.9. The summed E-state index contributed by atoms with van der Waals surface area (Å²) in [6.45, 7) is 1.05. The molecule has 0 radical (unpaired) electrons. The molecule has 2 aromatic carbocycles. The summed E-state index contributed by atoms with van der Waals surface area (Å²) < 4.78 is 5.14. The van der Waals surface area contributed by atoms with E-state index in [9.17, 15) is 9.59 Å². The summed E-state index contributed by atoms with van der Waals surface area (Å²) >= 11 is 0. The Morgan fingerprint density at radius 1 is 1.08 bits per heavy atom. The third-order valence-corrected chi connectivity index (χ3v) is 4.38. The van der Waals surface area contributed by atoms with Crippen molar-refractivity contribution >= 4 is 17.5 Å². The van der Waals surface area contributed by atoms with Gasteiger partial charge in [0.1, 0.15) is 5.75 Å². The lowest BCUT2D eigenvalue weighted by Gasteiger charge is -2.30. The number of hydrazine groups is 1. The standard InChI is InChI=1S/C20H23N3O3/c1-26-17-9-4-6-15(12-17)13-19(24)21-22-20(25)14-23-11-5-8-16-7-2-3-10-18(16)23/h2-4,6-7,9-10,12H,5,8,11,13-14H2,1H3,(H,21,24)(H,22,25). The van der Waals surface area contributed by atoms with Gasteiger partial charge in [0.25, 0.3) is 5.91 Å². The minimum absolute atomic E-state index is 0.171. The zero-order valence-electron chi connectivity index (χ0n) is 14.8. The maximum absolute atomic E-state index is 12.2. The van der Waals surface area contributed by atoms with Crippen molar-refractivity contribution in [2.45, 2.75) is 19.3 Å². The number of benzene rings is 2. The van der Waals surface area contributed by atoms with Crippen molar-refractivity contribution in [2.24, 2.45) is 0 Å². The van der Waals surface area contributed by atoms with Gasteiger partial charge < -0.3 is 9.64 Å². The third-order valence-electron chi connectivity index (χ3n) is 4.38. The number of aryl methyl sites for hydroxylation is 1. The van der Waals surface area contributed by atoms with E-state index < -0.39 is 0 Å². The van der Waals surface area contributed by atoms with Gasteiger partial charge in [0.15, 0.2) is 0 Å². The second-order valence-corrected chi connectivity index (χ2v) is 6.28. The van der Waals surface area contributed by atoms with Crippen LogP contribution >= 0.6 is 0 Å². The molecule has 1 aliphatic heterocycles. The Kier molecular flexibility index (Phi) is 5.73. The molecule has 0 aromatic heterocycles. The predicted molar refractivity (Wildman–Crippen MR) is 100.0 cm³/mol. The van der Waals surface area contributed by atoms with Gasteiger partial charge in [0.05, 0.1) is 20.1 Å². The van der Waals surface area contributed by atoms with Gasteiger partial charge in [0.2, 0.25) is 5.91 Å². The first-order valence-electron chi connectivity index (χ1n) is 8.69. The molecular formula is C20H23N3O3. The van der Waals surface area contributed by atoms with Crippen molar-refractivity contribution in [3.05, 3.63) is 59.7 Å². The molecule has 1 aliphatic rings. The highest BCUT2D eigenvalue weighted by Gasteiger charge is 2.18. The number of fused-ring (bicyclic) bond motifs is 1. The second kappa shape index (κ2) is 8.38. The molecule has 6 heteroatoms. The number of methoxy groups -OCH3 is 1. The van der Waals surface area contributed by atoms with Crippen molar-refractivity contribution in [1.29, 1.82) is 0 Å². The lowest BCUT2D eigenvalue weighted by atomic mass is 10.0. The van der Waals surface area contributed by atoms with Crippen molar-refractivity contribution in [2.75, 3.05) is 25.1 Å². The van der Waals surface area contributed by atoms with Crippen LogP contribution in [0.3, 0.4) is 0 Å². The van der Waals surface area contributed by atoms with Crippen LogP contribution in [0, 0.1) is 0 Å². The summed E-state index contributed by atoms with van der Waals surface area (Å²) in [4.78, 5) is 26.3. The van der Waals surface area contributed by atoms with E-state index in [4.69, 9.17) is 4.74 Å². The first-order valence-corrected chi connectivity index (χ1v) is 8.69. The molecule has 6 nitrogen and oxygen atoms in total. The minimum atomic E-state index is -0.273. The van der Waals surface area contributed by atoms with Gasteiger partial charge in [-0.3, -0.25) is 20.4 Å². The molecule has 2 amide bonds. The Balaban J connectivity index is 1.49. The Morgan fingerprint density at radius 2 is 1.88 bits per heavy atom. The average molecular weight is 353 g/mol. The first kappa shape index (κ1) is 17.8. The number of rotatable bonds is 5. The fraction of sp³-hybridized carbons (Fsp3) is 0.300. The highest BCUT2D eigenvalue weighted by atomic mass is 16.5. The fourth-order valence-electron chi connectivity index (χ4n) is 3.14. The predicted octanol–water partition coefficient (Wildman–Crippen LogP) is 1.84. The molecule has 136 valence electrons. The van der Waals surface area contributed by atoms with E-state index in [1.54, 1.807) is 13.2 Å². The second-order valence-electron chi connectivity index (χ2n) is 6.28. The number of carbonyl (C=O) groups excluding carboxylic acids is 2. The van der Waals surface area contributed by atoms with E-state index in [2.05, 4.69) is 16.9 Å². The van der Waals surface area contributed by atoms with E-state index in [1.807, 2.05) is 41.3 Å². The monoisotopic (exact) mass is 353 g/mol. The summed E-state index contributed by atoms with van der Waals surface area (Å²) in [6.07, 6.45) is 2.22. The van der Waals surface area contributed by atoms with Gasteiger partial charge in [-0.1, -0.05) is 30.3 Å². The van der Waals surface area contributed by atoms with Gasteiger partial charge in [-0.25, -0.2) is 0 Å². The summed E-state index contributed by atoms with van der Waals surface area (Å²) in [6, 6.07) is 15.4. The van der Waals surface area contributed by atoms with Crippen molar-refractivity contribution in [3.8, 4) is 5.75 Å². The maximum atomic E-state index is 12.2. The Hall–Kier alpha value is -3.02. The number of para-hydroxylation sites is 1.